The van der Waals surface area contributed by atoms with Crippen molar-refractivity contribution in [3.05, 3.63) is 12.2 Å². The second-order valence-corrected chi connectivity index (χ2v) is 6.74. The maximum Gasteiger partial charge on any atom is 0.123 e. The zero-order valence-electron chi connectivity index (χ0n) is 12.5. The first-order valence-electron chi connectivity index (χ1n) is 8.40. The minimum absolute atomic E-state index is 0.383. The molecule has 1 nitrogen and oxygen atoms in total. The van der Waals surface area contributed by atoms with Gasteiger partial charge in [0.15, 0.2) is 0 Å². The second kappa shape index (κ2) is 7.87. The summed E-state index contributed by atoms with van der Waals surface area (Å²) in [6.07, 6.45) is 19.1. The van der Waals surface area contributed by atoms with Crippen molar-refractivity contribution in [2.75, 3.05) is 0 Å². The Morgan fingerprint density at radius 3 is 2.00 bits per heavy atom. The van der Waals surface area contributed by atoms with Crippen molar-refractivity contribution in [2.45, 2.75) is 71.1 Å². The Labute approximate surface area is 118 Å². The van der Waals surface area contributed by atoms with Crippen LogP contribution >= 0.6 is 0 Å². The summed E-state index contributed by atoms with van der Waals surface area (Å²) < 4.78 is 0. The predicted molar refractivity (Wildman–Crippen MR) is 81.0 cm³/mol. The van der Waals surface area contributed by atoms with Crippen LogP contribution in [0.3, 0.4) is 0 Å². The Morgan fingerprint density at radius 1 is 0.895 bits per heavy atom. The first-order chi connectivity index (χ1) is 9.33. The number of carbonyl (C=O) groups excluding carboxylic acids is 1. The van der Waals surface area contributed by atoms with Gasteiger partial charge in [-0.05, 0) is 76.0 Å². The molecule has 0 aliphatic heterocycles. The van der Waals surface area contributed by atoms with Crippen LogP contribution in [0, 0.1) is 23.7 Å². The molecule has 2 saturated carbocycles. The molecule has 1 heteroatoms. The number of hydrogen-bond donors (Lipinski definition) is 0. The van der Waals surface area contributed by atoms with Crippen LogP contribution in [0.25, 0.3) is 0 Å². The fourth-order valence-electron chi connectivity index (χ4n) is 4.20. The lowest BCUT2D eigenvalue weighted by molar-refractivity contribution is -0.112. The van der Waals surface area contributed by atoms with Crippen LogP contribution in [0.15, 0.2) is 12.2 Å². The van der Waals surface area contributed by atoms with Crippen molar-refractivity contribution in [1.82, 2.24) is 0 Å². The summed E-state index contributed by atoms with van der Waals surface area (Å²) in [5.74, 6) is 3.28. The Hall–Kier alpha value is -0.590. The molecule has 0 unspecified atom stereocenters. The standard InChI is InChI=1S/C18H30O/c1-2-3-4-5-15-6-10-17(11-7-15)18-12-8-16(14-19)9-13-18/h2-3,14-18H,4-13H2,1H3/b3-2+. The molecule has 2 rings (SSSR count). The lowest BCUT2D eigenvalue weighted by Crippen LogP contribution is -2.26. The second-order valence-electron chi connectivity index (χ2n) is 6.74. The van der Waals surface area contributed by atoms with Gasteiger partial charge in [-0.2, -0.15) is 0 Å². The third-order valence-electron chi connectivity index (χ3n) is 5.54. The normalized spacial score (nSPS) is 36.5. The number of hydrogen-bond acceptors (Lipinski definition) is 1. The molecule has 2 fully saturated rings. The van der Waals surface area contributed by atoms with Gasteiger partial charge < -0.3 is 4.79 Å². The quantitative estimate of drug-likeness (QED) is 0.494. The topological polar surface area (TPSA) is 17.1 Å². The largest absolute Gasteiger partial charge is 0.303 e. The molecule has 0 aromatic heterocycles. The van der Waals surface area contributed by atoms with E-state index in [0.29, 0.717) is 5.92 Å². The molecule has 0 radical (unpaired) electrons. The molecule has 108 valence electrons. The highest BCUT2D eigenvalue weighted by molar-refractivity contribution is 5.53. The van der Waals surface area contributed by atoms with E-state index in [1.807, 2.05) is 0 Å². The first-order valence-corrected chi connectivity index (χ1v) is 8.40. The summed E-state index contributed by atoms with van der Waals surface area (Å²) in [7, 11) is 0. The molecule has 0 amide bonds. The van der Waals surface area contributed by atoms with Crippen LogP contribution in [-0.4, -0.2) is 6.29 Å². The van der Waals surface area contributed by atoms with Crippen LogP contribution in [0.2, 0.25) is 0 Å². The smallest absolute Gasteiger partial charge is 0.123 e. The number of allylic oxidation sites excluding steroid dienone is 2. The molecule has 0 spiro atoms. The van der Waals surface area contributed by atoms with E-state index in [9.17, 15) is 4.79 Å². The Morgan fingerprint density at radius 2 is 1.47 bits per heavy atom. The average molecular weight is 262 g/mol. The van der Waals surface area contributed by atoms with Gasteiger partial charge in [-0.25, -0.2) is 0 Å². The molecule has 0 saturated heterocycles. The van der Waals surface area contributed by atoms with E-state index < -0.39 is 0 Å². The van der Waals surface area contributed by atoms with Crippen molar-refractivity contribution >= 4 is 6.29 Å². The summed E-state index contributed by atoms with van der Waals surface area (Å²) in [6.45, 7) is 2.12. The lowest BCUT2D eigenvalue weighted by atomic mass is 9.69. The van der Waals surface area contributed by atoms with Crippen molar-refractivity contribution < 1.29 is 4.79 Å². The van der Waals surface area contributed by atoms with Crippen LogP contribution in [0.4, 0.5) is 0 Å². The van der Waals surface area contributed by atoms with Crippen molar-refractivity contribution in [3.63, 3.8) is 0 Å². The Kier molecular flexibility index (Phi) is 6.13. The summed E-state index contributed by atoms with van der Waals surface area (Å²) in [6, 6.07) is 0. The maximum atomic E-state index is 10.8. The zero-order valence-corrected chi connectivity index (χ0v) is 12.5. The summed E-state index contributed by atoms with van der Waals surface area (Å²) in [5.41, 5.74) is 0. The van der Waals surface area contributed by atoms with Crippen molar-refractivity contribution in [2.24, 2.45) is 23.7 Å². The van der Waals surface area contributed by atoms with Gasteiger partial charge in [-0.15, -0.1) is 0 Å². The molecule has 0 aromatic rings. The summed E-state index contributed by atoms with van der Waals surface area (Å²) in [5, 5.41) is 0. The van der Waals surface area contributed by atoms with E-state index in [1.54, 1.807) is 0 Å². The monoisotopic (exact) mass is 262 g/mol. The zero-order chi connectivity index (χ0) is 13.5. The molecule has 2 aliphatic carbocycles. The van der Waals surface area contributed by atoms with E-state index in [1.165, 1.54) is 57.7 Å². The van der Waals surface area contributed by atoms with Gasteiger partial charge in [-0.1, -0.05) is 25.0 Å². The van der Waals surface area contributed by atoms with Gasteiger partial charge in [0.1, 0.15) is 6.29 Å². The van der Waals surface area contributed by atoms with Gasteiger partial charge >= 0.3 is 0 Å². The summed E-state index contributed by atoms with van der Waals surface area (Å²) in [4.78, 5) is 10.8. The van der Waals surface area contributed by atoms with Crippen molar-refractivity contribution in [1.29, 1.82) is 0 Å². The van der Waals surface area contributed by atoms with Gasteiger partial charge in [0.2, 0.25) is 0 Å². The van der Waals surface area contributed by atoms with Crippen LogP contribution in [0.1, 0.15) is 71.1 Å². The van der Waals surface area contributed by atoms with Crippen LogP contribution < -0.4 is 0 Å². The molecule has 0 bridgehead atoms. The molecule has 0 atom stereocenters. The van der Waals surface area contributed by atoms with Gasteiger partial charge in [0.25, 0.3) is 0 Å². The summed E-state index contributed by atoms with van der Waals surface area (Å²) >= 11 is 0. The average Bonchev–Trinajstić information content (AvgIpc) is 2.48. The highest BCUT2D eigenvalue weighted by Crippen LogP contribution is 2.41. The van der Waals surface area contributed by atoms with Crippen LogP contribution in [-0.2, 0) is 4.79 Å². The molecular weight excluding hydrogens is 232 g/mol. The van der Waals surface area contributed by atoms with E-state index >= 15 is 0 Å². The van der Waals surface area contributed by atoms with Gasteiger partial charge in [0.05, 0.1) is 0 Å². The third kappa shape index (κ3) is 4.47. The van der Waals surface area contributed by atoms with E-state index in [2.05, 4.69) is 19.1 Å². The highest BCUT2D eigenvalue weighted by atomic mass is 16.1. The Bertz CT molecular complexity index is 278. The highest BCUT2D eigenvalue weighted by Gasteiger charge is 2.30. The number of rotatable bonds is 5. The minimum atomic E-state index is 0.383. The molecule has 0 heterocycles. The SMILES string of the molecule is C/C=C/CCC1CCC(C2CCC(C=O)CC2)CC1. The Balaban J connectivity index is 1.67. The first kappa shape index (κ1) is 14.8. The van der Waals surface area contributed by atoms with Crippen LogP contribution in [0.5, 0.6) is 0 Å². The van der Waals surface area contributed by atoms with Crippen molar-refractivity contribution in [3.8, 4) is 0 Å². The fraction of sp³-hybridized carbons (Fsp3) is 0.833. The molecular formula is C18H30O. The lowest BCUT2D eigenvalue weighted by Gasteiger charge is -2.37. The van der Waals surface area contributed by atoms with Gasteiger partial charge in [-0.3, -0.25) is 0 Å². The molecule has 2 aliphatic rings. The van der Waals surface area contributed by atoms with Gasteiger partial charge in [0, 0.05) is 5.92 Å². The van der Waals surface area contributed by atoms with E-state index in [0.717, 1.165) is 30.6 Å². The molecule has 19 heavy (non-hydrogen) atoms. The molecule has 0 aromatic carbocycles. The minimum Gasteiger partial charge on any atom is -0.303 e. The fourth-order valence-corrected chi connectivity index (χ4v) is 4.20. The van der Waals surface area contributed by atoms with E-state index in [-0.39, 0.29) is 0 Å². The maximum absolute atomic E-state index is 10.8. The third-order valence-corrected chi connectivity index (χ3v) is 5.54. The van der Waals surface area contributed by atoms with E-state index in [4.69, 9.17) is 0 Å². The molecule has 0 N–H and O–H groups in total. The predicted octanol–water partition coefficient (Wildman–Crippen LogP) is 5.15. The number of aldehydes is 1. The number of carbonyl (C=O) groups is 1.